The Morgan fingerprint density at radius 1 is 1.21 bits per heavy atom. The Balaban J connectivity index is 2.46. The van der Waals surface area contributed by atoms with Gasteiger partial charge in [-0.3, -0.25) is 0 Å². The average molecular weight is 322 g/mol. The number of hydrogen-bond acceptors (Lipinski definition) is 1. The summed E-state index contributed by atoms with van der Waals surface area (Å²) in [5.74, 6) is -0.234. The van der Waals surface area contributed by atoms with E-state index < -0.39 is 0 Å². The maximum atomic E-state index is 13.3. The van der Waals surface area contributed by atoms with E-state index in [-0.39, 0.29) is 11.9 Å². The second-order valence-electron chi connectivity index (χ2n) is 4.45. The summed E-state index contributed by atoms with van der Waals surface area (Å²) >= 11 is 3.25. The maximum Gasteiger partial charge on any atom is 0.137 e. The fraction of sp³-hybridized carbons (Fsp3) is 0.250. The molecule has 3 heteroatoms. The Hall–Kier alpha value is -1.19. The van der Waals surface area contributed by atoms with Crippen LogP contribution in [0.2, 0.25) is 0 Å². The van der Waals surface area contributed by atoms with E-state index in [0.717, 1.165) is 12.0 Å². The first-order valence-corrected chi connectivity index (χ1v) is 7.16. The van der Waals surface area contributed by atoms with Gasteiger partial charge in [-0.1, -0.05) is 37.3 Å². The third-order valence-corrected chi connectivity index (χ3v) is 3.92. The Morgan fingerprint density at radius 3 is 2.58 bits per heavy atom. The topological polar surface area (TPSA) is 12.0 Å². The molecule has 1 N–H and O–H groups in total. The molecule has 2 rings (SSSR count). The number of benzene rings is 2. The minimum atomic E-state index is -0.234. The molecular formula is C16H17BrFN. The van der Waals surface area contributed by atoms with Crippen LogP contribution in [0.1, 0.15) is 29.7 Å². The van der Waals surface area contributed by atoms with Gasteiger partial charge in [-0.2, -0.15) is 0 Å². The molecule has 1 unspecified atom stereocenters. The van der Waals surface area contributed by atoms with Gasteiger partial charge in [0, 0.05) is 0 Å². The summed E-state index contributed by atoms with van der Waals surface area (Å²) in [7, 11) is 1.92. The average Bonchev–Trinajstić information content (AvgIpc) is 2.44. The van der Waals surface area contributed by atoms with E-state index in [4.69, 9.17) is 0 Å². The van der Waals surface area contributed by atoms with E-state index in [1.54, 1.807) is 0 Å². The Labute approximate surface area is 122 Å². The van der Waals surface area contributed by atoms with Gasteiger partial charge in [0.2, 0.25) is 0 Å². The van der Waals surface area contributed by atoms with E-state index in [1.165, 1.54) is 17.2 Å². The summed E-state index contributed by atoms with van der Waals surface area (Å²) in [6.45, 7) is 2.14. The molecule has 0 radical (unpaired) electrons. The van der Waals surface area contributed by atoms with Crippen LogP contribution < -0.4 is 5.32 Å². The highest BCUT2D eigenvalue weighted by atomic mass is 79.9. The highest BCUT2D eigenvalue weighted by molar-refractivity contribution is 9.10. The van der Waals surface area contributed by atoms with Crippen molar-refractivity contribution < 1.29 is 4.39 Å². The molecule has 100 valence electrons. The van der Waals surface area contributed by atoms with Crippen molar-refractivity contribution in [2.24, 2.45) is 0 Å². The van der Waals surface area contributed by atoms with Gasteiger partial charge in [0.15, 0.2) is 0 Å². The summed E-state index contributed by atoms with van der Waals surface area (Å²) < 4.78 is 13.8. The standard InChI is InChI=1S/C16H17BrFN/c1-3-11-6-4-5-7-13(11)16(19-2)12-8-9-15(18)14(17)10-12/h4-10,16,19H,3H2,1-2H3. The zero-order valence-corrected chi connectivity index (χ0v) is 12.7. The lowest BCUT2D eigenvalue weighted by Crippen LogP contribution is -2.19. The summed E-state index contributed by atoms with van der Waals surface area (Å²) in [6.07, 6.45) is 0.983. The number of halogens is 2. The van der Waals surface area contributed by atoms with Crippen molar-refractivity contribution in [2.75, 3.05) is 7.05 Å². The second kappa shape index (κ2) is 6.31. The molecule has 0 saturated heterocycles. The second-order valence-corrected chi connectivity index (χ2v) is 5.30. The van der Waals surface area contributed by atoms with Crippen molar-refractivity contribution in [3.8, 4) is 0 Å². The normalized spacial score (nSPS) is 12.4. The van der Waals surface area contributed by atoms with Gasteiger partial charge in [-0.15, -0.1) is 0 Å². The van der Waals surface area contributed by atoms with Gasteiger partial charge in [0.05, 0.1) is 10.5 Å². The summed E-state index contributed by atoms with van der Waals surface area (Å²) in [4.78, 5) is 0. The Kier molecular flexibility index (Phi) is 4.72. The van der Waals surface area contributed by atoms with Crippen LogP contribution in [0.5, 0.6) is 0 Å². The molecule has 2 aromatic carbocycles. The third kappa shape index (κ3) is 3.04. The van der Waals surface area contributed by atoms with Crippen molar-refractivity contribution >= 4 is 15.9 Å². The fourth-order valence-electron chi connectivity index (χ4n) is 2.33. The van der Waals surface area contributed by atoms with Crippen molar-refractivity contribution in [2.45, 2.75) is 19.4 Å². The third-order valence-electron chi connectivity index (χ3n) is 3.31. The largest absolute Gasteiger partial charge is 0.309 e. The summed E-state index contributed by atoms with van der Waals surface area (Å²) in [5, 5.41) is 3.31. The Morgan fingerprint density at radius 2 is 1.95 bits per heavy atom. The first-order valence-electron chi connectivity index (χ1n) is 6.37. The van der Waals surface area contributed by atoms with Crippen LogP contribution in [0.3, 0.4) is 0 Å². The minimum Gasteiger partial charge on any atom is -0.309 e. The molecular weight excluding hydrogens is 305 g/mol. The smallest absolute Gasteiger partial charge is 0.137 e. The van der Waals surface area contributed by atoms with Gasteiger partial charge in [-0.05, 0) is 58.2 Å². The molecule has 0 aliphatic rings. The summed E-state index contributed by atoms with van der Waals surface area (Å²) in [5.41, 5.74) is 3.60. The van der Waals surface area contributed by atoms with E-state index in [0.29, 0.717) is 4.47 Å². The van der Waals surface area contributed by atoms with Crippen LogP contribution in [0.15, 0.2) is 46.9 Å². The lowest BCUT2D eigenvalue weighted by molar-refractivity contribution is 0.616. The van der Waals surface area contributed by atoms with Crippen LogP contribution in [-0.4, -0.2) is 7.05 Å². The number of rotatable bonds is 4. The molecule has 0 heterocycles. The number of aryl methyl sites for hydroxylation is 1. The Bertz CT molecular complexity index is 568. The predicted molar refractivity (Wildman–Crippen MR) is 80.8 cm³/mol. The molecule has 0 amide bonds. The van der Waals surface area contributed by atoms with Crippen molar-refractivity contribution in [3.63, 3.8) is 0 Å². The molecule has 1 nitrogen and oxygen atoms in total. The first-order chi connectivity index (χ1) is 9.17. The van der Waals surface area contributed by atoms with Crippen molar-refractivity contribution in [3.05, 3.63) is 69.4 Å². The van der Waals surface area contributed by atoms with Gasteiger partial charge >= 0.3 is 0 Å². The molecule has 0 aliphatic carbocycles. The zero-order chi connectivity index (χ0) is 13.8. The molecule has 19 heavy (non-hydrogen) atoms. The van der Waals surface area contributed by atoms with E-state index >= 15 is 0 Å². The lowest BCUT2D eigenvalue weighted by Gasteiger charge is -2.20. The van der Waals surface area contributed by atoms with Crippen LogP contribution >= 0.6 is 15.9 Å². The van der Waals surface area contributed by atoms with Gasteiger partial charge in [0.1, 0.15) is 5.82 Å². The van der Waals surface area contributed by atoms with E-state index in [9.17, 15) is 4.39 Å². The highest BCUT2D eigenvalue weighted by Crippen LogP contribution is 2.28. The van der Waals surface area contributed by atoms with Gasteiger partial charge in [-0.25, -0.2) is 4.39 Å². The molecule has 2 aromatic rings. The molecule has 0 aromatic heterocycles. The van der Waals surface area contributed by atoms with Crippen LogP contribution in [-0.2, 0) is 6.42 Å². The van der Waals surface area contributed by atoms with E-state index in [1.807, 2.05) is 25.2 Å². The van der Waals surface area contributed by atoms with Crippen LogP contribution in [0.4, 0.5) is 4.39 Å². The molecule has 0 bridgehead atoms. The number of hydrogen-bond donors (Lipinski definition) is 1. The molecule has 0 aliphatic heterocycles. The SMILES string of the molecule is CCc1ccccc1C(NC)c1ccc(F)c(Br)c1. The van der Waals surface area contributed by atoms with Crippen molar-refractivity contribution in [1.29, 1.82) is 0 Å². The molecule has 0 saturated carbocycles. The highest BCUT2D eigenvalue weighted by Gasteiger charge is 2.15. The minimum absolute atomic E-state index is 0.0769. The molecule has 1 atom stereocenters. The fourth-order valence-corrected chi connectivity index (χ4v) is 2.73. The van der Waals surface area contributed by atoms with Gasteiger partial charge in [0.25, 0.3) is 0 Å². The quantitative estimate of drug-likeness (QED) is 0.876. The molecule has 0 fully saturated rings. The number of nitrogens with one attached hydrogen (secondary N) is 1. The van der Waals surface area contributed by atoms with Crippen molar-refractivity contribution in [1.82, 2.24) is 5.32 Å². The van der Waals surface area contributed by atoms with Crippen LogP contribution in [0.25, 0.3) is 0 Å². The van der Waals surface area contributed by atoms with Gasteiger partial charge < -0.3 is 5.32 Å². The molecule has 0 spiro atoms. The van der Waals surface area contributed by atoms with Crippen LogP contribution in [0, 0.1) is 5.82 Å². The van der Waals surface area contributed by atoms with E-state index in [2.05, 4.69) is 46.4 Å². The predicted octanol–water partition coefficient (Wildman–Crippen LogP) is 4.46. The first kappa shape index (κ1) is 14.2. The summed E-state index contributed by atoms with van der Waals surface area (Å²) in [6, 6.07) is 13.6. The zero-order valence-electron chi connectivity index (χ0n) is 11.1. The lowest BCUT2D eigenvalue weighted by atomic mass is 9.93. The monoisotopic (exact) mass is 321 g/mol. The maximum absolute atomic E-state index is 13.3.